The second-order valence-corrected chi connectivity index (χ2v) is 8.72. The van der Waals surface area contributed by atoms with E-state index in [1.165, 1.54) is 0 Å². The minimum absolute atomic E-state index is 0.0436. The Balaban J connectivity index is 0.000000426. The predicted octanol–water partition coefficient (Wildman–Crippen LogP) is 3.02. The summed E-state index contributed by atoms with van der Waals surface area (Å²) in [7, 11) is 0. The molecule has 14 heteroatoms. The molecule has 2 aliphatic rings. The number of hydrogen-bond donors (Lipinski definition) is 4. The van der Waals surface area contributed by atoms with Crippen molar-refractivity contribution in [2.24, 2.45) is 0 Å². The third-order valence-electron chi connectivity index (χ3n) is 6.31. The van der Waals surface area contributed by atoms with Gasteiger partial charge in [0.2, 0.25) is 0 Å². The number of nitrogens with two attached hydrogens (primary N) is 1. The van der Waals surface area contributed by atoms with Crippen molar-refractivity contribution in [2.45, 2.75) is 31.1 Å². The zero-order valence-corrected chi connectivity index (χ0v) is 19.7. The monoisotopic (exact) mass is 532 g/mol. The minimum atomic E-state index is -5.08. The van der Waals surface area contributed by atoms with E-state index in [0.29, 0.717) is 17.1 Å². The number of rotatable bonds is 4. The number of phenolic OH excluding ortho intramolecular Hbond substituents is 1. The van der Waals surface area contributed by atoms with E-state index >= 15 is 0 Å². The van der Waals surface area contributed by atoms with E-state index in [2.05, 4.69) is 25.0 Å². The van der Waals surface area contributed by atoms with Crippen LogP contribution in [0.1, 0.15) is 23.3 Å². The maximum atomic E-state index is 11.1. The number of nitrogen functional groups attached to an aromatic ring is 1. The van der Waals surface area contributed by atoms with Crippen LogP contribution >= 0.6 is 0 Å². The van der Waals surface area contributed by atoms with Crippen LogP contribution in [0.2, 0.25) is 0 Å². The van der Waals surface area contributed by atoms with Crippen LogP contribution in [0.15, 0.2) is 48.7 Å². The van der Waals surface area contributed by atoms with Gasteiger partial charge in [0.1, 0.15) is 11.4 Å². The number of alkyl halides is 3. The molecular formula is C24H23F3N6O5. The molecule has 2 bridgehead atoms. The fourth-order valence-corrected chi connectivity index (χ4v) is 4.65. The number of anilines is 3. The number of fused-ring (bicyclic) bond motifs is 2. The van der Waals surface area contributed by atoms with E-state index in [-0.39, 0.29) is 23.5 Å². The molecule has 11 nitrogen and oxygen atoms in total. The summed E-state index contributed by atoms with van der Waals surface area (Å²) in [4.78, 5) is 28.6. The van der Waals surface area contributed by atoms with Crippen LogP contribution in [0.4, 0.5) is 30.4 Å². The first-order valence-electron chi connectivity index (χ1n) is 11.4. The van der Waals surface area contributed by atoms with E-state index in [1.807, 2.05) is 18.2 Å². The fraction of sp³-hybridized carbons (Fsp3) is 0.292. The molecule has 2 atom stereocenters. The summed E-state index contributed by atoms with van der Waals surface area (Å²) in [5.41, 5.74) is 9.16. The van der Waals surface area contributed by atoms with Gasteiger partial charge in [0.05, 0.1) is 23.3 Å². The van der Waals surface area contributed by atoms with Gasteiger partial charge in [-0.05, 0) is 43.2 Å². The Bertz CT molecular complexity index is 1320. The highest BCUT2D eigenvalue weighted by molar-refractivity contribution is 5.85. The Hall–Kier alpha value is -4.62. The Morgan fingerprint density at radius 3 is 2.16 bits per heavy atom. The third kappa shape index (κ3) is 5.53. The van der Waals surface area contributed by atoms with E-state index in [1.54, 1.807) is 30.5 Å². The van der Waals surface area contributed by atoms with Crippen molar-refractivity contribution in [3.63, 3.8) is 0 Å². The number of benzene rings is 1. The SMILES string of the molecule is Nc1nnc(-c2ccccc2O)cc1N1CC2CCC(C1)N2c1ccc(C(=O)O)nc1.O=C(O)C(F)(F)F. The molecule has 0 spiro atoms. The minimum Gasteiger partial charge on any atom is -0.507 e. The van der Waals surface area contributed by atoms with Gasteiger partial charge >= 0.3 is 18.1 Å². The number of halogens is 3. The molecule has 2 fully saturated rings. The molecule has 1 aromatic carbocycles. The highest BCUT2D eigenvalue weighted by Gasteiger charge is 2.41. The van der Waals surface area contributed by atoms with Crippen molar-refractivity contribution in [1.82, 2.24) is 15.2 Å². The topological polar surface area (TPSA) is 166 Å². The highest BCUT2D eigenvalue weighted by Crippen LogP contribution is 2.38. The number of aromatic nitrogens is 3. The lowest BCUT2D eigenvalue weighted by atomic mass is 10.1. The molecule has 2 unspecified atom stereocenters. The molecule has 0 aliphatic carbocycles. The zero-order chi connectivity index (χ0) is 27.6. The Labute approximate surface area is 214 Å². The van der Waals surface area contributed by atoms with Crippen molar-refractivity contribution >= 4 is 29.1 Å². The lowest BCUT2D eigenvalue weighted by Crippen LogP contribution is -2.54. The number of aromatic carboxylic acids is 1. The van der Waals surface area contributed by atoms with Crippen molar-refractivity contribution in [3.8, 4) is 17.0 Å². The smallest absolute Gasteiger partial charge is 0.490 e. The van der Waals surface area contributed by atoms with Crippen molar-refractivity contribution in [2.75, 3.05) is 28.6 Å². The van der Waals surface area contributed by atoms with Crippen LogP contribution < -0.4 is 15.5 Å². The number of hydrogen-bond acceptors (Lipinski definition) is 9. The van der Waals surface area contributed by atoms with Gasteiger partial charge in [0, 0.05) is 30.7 Å². The number of nitrogens with zero attached hydrogens (tertiary/aromatic N) is 5. The van der Waals surface area contributed by atoms with Gasteiger partial charge in [-0.2, -0.15) is 13.2 Å². The lowest BCUT2D eigenvalue weighted by Gasteiger charge is -2.43. The number of carboxylic acids is 2. The fourth-order valence-electron chi connectivity index (χ4n) is 4.65. The number of aliphatic carboxylic acids is 1. The summed E-state index contributed by atoms with van der Waals surface area (Å²) in [6, 6.07) is 12.8. The second kappa shape index (κ2) is 10.4. The lowest BCUT2D eigenvalue weighted by molar-refractivity contribution is -0.192. The first kappa shape index (κ1) is 26.4. The summed E-state index contributed by atoms with van der Waals surface area (Å²) >= 11 is 0. The molecule has 0 saturated carbocycles. The van der Waals surface area contributed by atoms with Crippen LogP contribution in [0.3, 0.4) is 0 Å². The summed E-state index contributed by atoms with van der Waals surface area (Å²) in [5, 5.41) is 34.7. The van der Waals surface area contributed by atoms with E-state index in [9.17, 15) is 23.1 Å². The standard InChI is InChI=1S/C22H22N6O3.C2HF3O2/c23-21-19(9-18(25-26-21)16-3-1-2-4-20(16)29)27-11-14-5-6-15(12-27)28(14)13-7-8-17(22(30)31)24-10-13;3-2(4,5)1(6)7/h1-4,7-10,14-15,29H,5-6,11-12H2,(H2,23,26)(H,30,31);(H,6,7). The zero-order valence-electron chi connectivity index (χ0n) is 19.7. The number of para-hydroxylation sites is 1. The van der Waals surface area contributed by atoms with Crippen LogP contribution in [0.5, 0.6) is 5.75 Å². The summed E-state index contributed by atoms with van der Waals surface area (Å²) in [6.45, 7) is 1.51. The molecule has 200 valence electrons. The molecule has 4 heterocycles. The molecule has 2 aromatic heterocycles. The summed E-state index contributed by atoms with van der Waals surface area (Å²) in [6.07, 6.45) is -1.37. The molecule has 5 N–H and O–H groups in total. The summed E-state index contributed by atoms with van der Waals surface area (Å²) in [5.74, 6) is -3.28. The Morgan fingerprint density at radius 2 is 1.63 bits per heavy atom. The Morgan fingerprint density at radius 1 is 1.00 bits per heavy atom. The predicted molar refractivity (Wildman–Crippen MR) is 130 cm³/mol. The van der Waals surface area contributed by atoms with Gasteiger partial charge in [0.15, 0.2) is 5.82 Å². The number of pyridine rings is 1. The van der Waals surface area contributed by atoms with Crippen molar-refractivity contribution in [3.05, 3.63) is 54.4 Å². The molecule has 2 aliphatic heterocycles. The van der Waals surface area contributed by atoms with Crippen molar-refractivity contribution in [1.29, 1.82) is 0 Å². The van der Waals surface area contributed by atoms with E-state index in [4.69, 9.17) is 20.7 Å². The normalized spacial score (nSPS) is 18.5. The Kier molecular flexibility index (Phi) is 7.23. The third-order valence-corrected chi connectivity index (χ3v) is 6.31. The molecule has 2 saturated heterocycles. The van der Waals surface area contributed by atoms with Gasteiger partial charge in [0.25, 0.3) is 0 Å². The van der Waals surface area contributed by atoms with Crippen LogP contribution in [0.25, 0.3) is 11.3 Å². The quantitative estimate of drug-likeness (QED) is 0.390. The number of carboxylic acid groups (broad SMARTS) is 2. The molecule has 0 amide bonds. The first-order chi connectivity index (χ1) is 18.0. The van der Waals surface area contributed by atoms with Crippen molar-refractivity contribution < 1.29 is 38.1 Å². The van der Waals surface area contributed by atoms with Gasteiger partial charge < -0.3 is 30.9 Å². The van der Waals surface area contributed by atoms with Gasteiger partial charge in [-0.15, -0.1) is 10.2 Å². The van der Waals surface area contributed by atoms with Crippen LogP contribution in [-0.4, -0.2) is 73.8 Å². The molecular weight excluding hydrogens is 509 g/mol. The molecule has 3 aromatic rings. The highest BCUT2D eigenvalue weighted by atomic mass is 19.4. The largest absolute Gasteiger partial charge is 0.507 e. The van der Waals surface area contributed by atoms with Gasteiger partial charge in [-0.25, -0.2) is 14.6 Å². The van der Waals surface area contributed by atoms with Crippen LogP contribution in [-0.2, 0) is 4.79 Å². The second-order valence-electron chi connectivity index (χ2n) is 8.72. The van der Waals surface area contributed by atoms with E-state index < -0.39 is 18.1 Å². The number of phenols is 1. The number of carbonyl (C=O) groups is 2. The number of piperazine rings is 1. The van der Waals surface area contributed by atoms with Gasteiger partial charge in [-0.1, -0.05) is 12.1 Å². The maximum Gasteiger partial charge on any atom is 0.490 e. The molecule has 38 heavy (non-hydrogen) atoms. The maximum absolute atomic E-state index is 11.1. The average Bonchev–Trinajstić information content (AvgIpc) is 3.13. The molecule has 5 rings (SSSR count). The van der Waals surface area contributed by atoms with E-state index in [0.717, 1.165) is 37.3 Å². The van der Waals surface area contributed by atoms with Crippen LogP contribution in [0, 0.1) is 0 Å². The number of aromatic hydroxyl groups is 1. The summed E-state index contributed by atoms with van der Waals surface area (Å²) < 4.78 is 31.7. The first-order valence-corrected chi connectivity index (χ1v) is 11.4. The average molecular weight is 532 g/mol. The van der Waals surface area contributed by atoms with Gasteiger partial charge in [-0.3, -0.25) is 0 Å². The molecule has 0 radical (unpaired) electrons.